The number of fused-ring (bicyclic) bond motifs is 1. The number of halogens is 2. The smallest absolute Gasteiger partial charge is 0.262 e. The summed E-state index contributed by atoms with van der Waals surface area (Å²) in [5.74, 6) is -2.08. The molecule has 0 aliphatic carbocycles. The third kappa shape index (κ3) is 5.42. The molecule has 4 aromatic rings. The molecule has 1 amide bonds. The molecule has 0 saturated carbocycles. The number of amides is 1. The van der Waals surface area contributed by atoms with Crippen LogP contribution in [0.3, 0.4) is 0 Å². The van der Waals surface area contributed by atoms with Crippen LogP contribution in [0.2, 0.25) is 0 Å². The number of aromatic nitrogens is 5. The number of anilines is 3. The van der Waals surface area contributed by atoms with Gasteiger partial charge in [0.2, 0.25) is 11.1 Å². The summed E-state index contributed by atoms with van der Waals surface area (Å²) in [6.07, 6.45) is 3.09. The number of aliphatic hydroxyl groups excluding tert-OH is 1. The van der Waals surface area contributed by atoms with E-state index in [1.54, 1.807) is 28.9 Å². The molecule has 1 aliphatic heterocycles. The largest absolute Gasteiger partial charge is 0.395 e. The first-order valence-corrected chi connectivity index (χ1v) is 11.6. The molecule has 1 unspecified atom stereocenters. The maximum Gasteiger partial charge on any atom is 0.262 e. The van der Waals surface area contributed by atoms with Gasteiger partial charge in [-0.1, -0.05) is 0 Å². The molecule has 182 valence electrons. The van der Waals surface area contributed by atoms with Gasteiger partial charge in [0, 0.05) is 41.5 Å². The molecule has 1 fully saturated rings. The van der Waals surface area contributed by atoms with E-state index >= 15 is 0 Å². The van der Waals surface area contributed by atoms with Gasteiger partial charge in [0.1, 0.15) is 5.52 Å². The highest BCUT2D eigenvalue weighted by molar-refractivity contribution is 7.99. The van der Waals surface area contributed by atoms with Gasteiger partial charge in [-0.2, -0.15) is 5.10 Å². The van der Waals surface area contributed by atoms with Crippen LogP contribution in [-0.4, -0.2) is 72.4 Å². The monoisotopic (exact) mass is 500 g/mol. The van der Waals surface area contributed by atoms with E-state index < -0.39 is 37.4 Å². The highest BCUT2D eigenvalue weighted by Gasteiger charge is 2.45. The number of nitrogens with zero attached hydrogens (tertiary/aromatic N) is 5. The molecule has 1 atom stereocenters. The minimum atomic E-state index is -2.90. The molecule has 0 spiro atoms. The highest BCUT2D eigenvalue weighted by atomic mass is 32.2. The molecule has 3 aromatic heterocycles. The quantitative estimate of drug-likeness (QED) is 0.291. The summed E-state index contributed by atoms with van der Waals surface area (Å²) in [4.78, 5) is 19.1. The van der Waals surface area contributed by atoms with E-state index in [1.165, 1.54) is 16.7 Å². The molecule has 13 heteroatoms. The summed E-state index contributed by atoms with van der Waals surface area (Å²) >= 11 is 1.35. The number of carbonyl (C=O) groups excluding carboxylic acids is 1. The molecule has 4 heterocycles. The zero-order chi connectivity index (χ0) is 24.4. The van der Waals surface area contributed by atoms with Crippen LogP contribution in [0.15, 0.2) is 64.9 Å². The lowest BCUT2D eigenvalue weighted by molar-refractivity contribution is -0.117. The predicted molar refractivity (Wildman–Crippen MR) is 126 cm³/mol. The van der Waals surface area contributed by atoms with Crippen LogP contribution >= 0.6 is 11.8 Å². The Balaban J connectivity index is 1.24. The summed E-state index contributed by atoms with van der Waals surface area (Å²) in [5.41, 5.74) is 1.34. The molecule has 0 bridgehead atoms. The minimum Gasteiger partial charge on any atom is -0.395 e. The van der Waals surface area contributed by atoms with Crippen molar-refractivity contribution in [1.82, 2.24) is 29.7 Å². The van der Waals surface area contributed by atoms with Gasteiger partial charge in [-0.15, -0.1) is 5.10 Å². The van der Waals surface area contributed by atoms with E-state index in [0.717, 1.165) is 10.4 Å². The van der Waals surface area contributed by atoms with Crippen LogP contribution in [0, 0.1) is 0 Å². The summed E-state index contributed by atoms with van der Waals surface area (Å²) in [5, 5.41) is 27.1. The van der Waals surface area contributed by atoms with Gasteiger partial charge in [-0.3, -0.25) is 14.8 Å². The Labute approximate surface area is 202 Å². The second-order valence-electron chi connectivity index (χ2n) is 8.14. The van der Waals surface area contributed by atoms with Gasteiger partial charge in [0.25, 0.3) is 5.92 Å². The Kier molecular flexibility index (Phi) is 6.36. The molecule has 4 N–H and O–H groups in total. The number of hydrogen-bond donors (Lipinski definition) is 4. The molecule has 5 rings (SSSR count). The Morgan fingerprint density at radius 3 is 2.83 bits per heavy atom. The SMILES string of the molecule is O=C(CN1CC(F)(F)CC1CO)Nc1ccc(Sc2nc(Nc3cc[nH]n3)c3cccn3n2)cc1. The highest BCUT2D eigenvalue weighted by Crippen LogP contribution is 2.32. The van der Waals surface area contributed by atoms with Crippen molar-refractivity contribution in [2.24, 2.45) is 0 Å². The maximum atomic E-state index is 13.6. The number of benzene rings is 1. The van der Waals surface area contributed by atoms with Crippen LogP contribution in [0.5, 0.6) is 0 Å². The summed E-state index contributed by atoms with van der Waals surface area (Å²) < 4.78 is 28.9. The second kappa shape index (κ2) is 9.60. The number of likely N-dealkylation sites (tertiary alicyclic amines) is 1. The van der Waals surface area contributed by atoms with Gasteiger partial charge < -0.3 is 15.7 Å². The van der Waals surface area contributed by atoms with Gasteiger partial charge in [0.05, 0.1) is 19.7 Å². The Bertz CT molecular complexity index is 1310. The minimum absolute atomic E-state index is 0.214. The zero-order valence-corrected chi connectivity index (χ0v) is 19.2. The second-order valence-corrected chi connectivity index (χ2v) is 9.18. The summed E-state index contributed by atoms with van der Waals surface area (Å²) in [6.45, 7) is -1.16. The molecule has 0 radical (unpaired) electrons. The lowest BCUT2D eigenvalue weighted by Crippen LogP contribution is -2.39. The van der Waals surface area contributed by atoms with Crippen molar-refractivity contribution in [1.29, 1.82) is 0 Å². The van der Waals surface area contributed by atoms with E-state index in [0.29, 0.717) is 22.5 Å². The first-order chi connectivity index (χ1) is 16.9. The number of carbonyl (C=O) groups is 1. The number of H-pyrrole nitrogens is 1. The van der Waals surface area contributed by atoms with E-state index in [4.69, 9.17) is 0 Å². The predicted octanol–water partition coefficient (Wildman–Crippen LogP) is 2.99. The third-order valence-corrected chi connectivity index (χ3v) is 6.37. The summed E-state index contributed by atoms with van der Waals surface area (Å²) in [7, 11) is 0. The van der Waals surface area contributed by atoms with Crippen molar-refractivity contribution in [2.75, 3.05) is 30.3 Å². The van der Waals surface area contributed by atoms with Crippen molar-refractivity contribution in [2.45, 2.75) is 28.4 Å². The van der Waals surface area contributed by atoms with E-state index in [1.807, 2.05) is 30.5 Å². The summed E-state index contributed by atoms with van der Waals surface area (Å²) in [6, 6.07) is 11.9. The standard InChI is InChI=1S/C22H22F2N8O2S/c23-22(24)10-15(12-33)31(13-22)11-19(34)26-14-3-5-16(6-4-14)35-21-28-20(27-18-7-8-25-29-18)17-2-1-9-32(17)30-21/h1-9,15,33H,10-13H2,(H,26,34)(H2,25,27,28,29,30). The van der Waals surface area contributed by atoms with E-state index in [9.17, 15) is 18.7 Å². The Hall–Kier alpha value is -3.55. The lowest BCUT2D eigenvalue weighted by atomic mass is 10.2. The average Bonchev–Trinajstić information content (AvgIpc) is 3.55. The first-order valence-electron chi connectivity index (χ1n) is 10.8. The van der Waals surface area contributed by atoms with Crippen LogP contribution in [0.1, 0.15) is 6.42 Å². The van der Waals surface area contributed by atoms with Crippen LogP contribution in [0.25, 0.3) is 5.52 Å². The number of alkyl halides is 2. The molecule has 35 heavy (non-hydrogen) atoms. The molecule has 1 saturated heterocycles. The number of nitrogens with one attached hydrogen (secondary N) is 3. The van der Waals surface area contributed by atoms with Crippen molar-refractivity contribution in [3.05, 3.63) is 54.9 Å². The molecule has 1 aromatic carbocycles. The Morgan fingerprint density at radius 2 is 2.09 bits per heavy atom. The fourth-order valence-electron chi connectivity index (χ4n) is 3.93. The first kappa shape index (κ1) is 23.2. The lowest BCUT2D eigenvalue weighted by Gasteiger charge is -2.21. The van der Waals surface area contributed by atoms with Gasteiger partial charge in [0.15, 0.2) is 11.6 Å². The topological polar surface area (TPSA) is 123 Å². The van der Waals surface area contributed by atoms with Crippen molar-refractivity contribution in [3.8, 4) is 0 Å². The molecule has 1 aliphatic rings. The number of aromatic amines is 1. The van der Waals surface area contributed by atoms with Crippen molar-refractivity contribution in [3.63, 3.8) is 0 Å². The number of hydrogen-bond acceptors (Lipinski definition) is 8. The zero-order valence-electron chi connectivity index (χ0n) is 18.4. The van der Waals surface area contributed by atoms with Gasteiger partial charge >= 0.3 is 0 Å². The van der Waals surface area contributed by atoms with Crippen LogP contribution in [-0.2, 0) is 4.79 Å². The van der Waals surface area contributed by atoms with E-state index in [2.05, 4.69) is 30.9 Å². The molecule has 10 nitrogen and oxygen atoms in total. The number of rotatable bonds is 8. The van der Waals surface area contributed by atoms with Crippen LogP contribution < -0.4 is 10.6 Å². The average molecular weight is 501 g/mol. The van der Waals surface area contributed by atoms with E-state index in [-0.39, 0.29) is 6.54 Å². The molecular formula is C22H22F2N8O2S. The van der Waals surface area contributed by atoms with Gasteiger partial charge in [-0.25, -0.2) is 18.3 Å². The fraction of sp³-hybridized carbons (Fsp3) is 0.273. The molecular weight excluding hydrogens is 478 g/mol. The van der Waals surface area contributed by atoms with Crippen LogP contribution in [0.4, 0.5) is 26.1 Å². The normalized spacial score (nSPS) is 17.6. The third-order valence-electron chi connectivity index (χ3n) is 5.51. The Morgan fingerprint density at radius 1 is 1.26 bits per heavy atom. The van der Waals surface area contributed by atoms with Crippen molar-refractivity contribution >= 4 is 40.5 Å². The maximum absolute atomic E-state index is 13.6. The van der Waals surface area contributed by atoms with Crippen molar-refractivity contribution < 1.29 is 18.7 Å². The number of aliphatic hydroxyl groups is 1. The van der Waals surface area contributed by atoms with Gasteiger partial charge in [-0.05, 0) is 48.2 Å². The fourth-order valence-corrected chi connectivity index (χ4v) is 4.68.